The van der Waals surface area contributed by atoms with Crippen LogP contribution in [0.1, 0.15) is 16.7 Å². The minimum atomic E-state index is -0.449. The van der Waals surface area contributed by atoms with Crippen LogP contribution in [0, 0.1) is 18.2 Å². The highest BCUT2D eigenvalue weighted by Gasteiger charge is 2.10. The first-order valence-electron chi connectivity index (χ1n) is 5.61. The third-order valence-corrected chi connectivity index (χ3v) is 3.41. The highest BCUT2D eigenvalue weighted by molar-refractivity contribution is 7.98. The molecule has 0 bridgehead atoms. The molecule has 1 aromatic heterocycles. The maximum Gasteiger partial charge on any atom is 0.187 e. The average molecular weight is 276 g/mol. The van der Waals surface area contributed by atoms with Crippen LogP contribution in [0.2, 0.25) is 0 Å². The van der Waals surface area contributed by atoms with Crippen LogP contribution in [0.3, 0.4) is 0 Å². The van der Waals surface area contributed by atoms with Crippen LogP contribution >= 0.6 is 11.8 Å². The SMILES string of the molecule is Cc1cnc(SCc2cccc(C(=N)N)c2F)nc1. The number of benzene rings is 1. The van der Waals surface area contributed by atoms with Crippen LogP contribution in [0.15, 0.2) is 35.7 Å². The van der Waals surface area contributed by atoms with Crippen molar-refractivity contribution >= 4 is 17.6 Å². The summed E-state index contributed by atoms with van der Waals surface area (Å²) in [6.07, 6.45) is 3.44. The second-order valence-electron chi connectivity index (χ2n) is 4.02. The predicted molar refractivity (Wildman–Crippen MR) is 73.7 cm³/mol. The molecule has 2 aromatic rings. The largest absolute Gasteiger partial charge is 0.384 e. The topological polar surface area (TPSA) is 75.7 Å². The van der Waals surface area contributed by atoms with E-state index in [1.54, 1.807) is 24.5 Å². The Morgan fingerprint density at radius 1 is 1.37 bits per heavy atom. The summed E-state index contributed by atoms with van der Waals surface area (Å²) < 4.78 is 14.0. The first-order valence-corrected chi connectivity index (χ1v) is 6.59. The van der Waals surface area contributed by atoms with Crippen molar-refractivity contribution in [2.45, 2.75) is 17.8 Å². The molecular formula is C13H13FN4S. The molecule has 0 radical (unpaired) electrons. The summed E-state index contributed by atoms with van der Waals surface area (Å²) in [6.45, 7) is 1.91. The number of nitrogens with two attached hydrogens (primary N) is 1. The Balaban J connectivity index is 2.13. The molecule has 0 aliphatic rings. The molecule has 0 atom stereocenters. The second-order valence-corrected chi connectivity index (χ2v) is 4.97. The minimum Gasteiger partial charge on any atom is -0.384 e. The average Bonchev–Trinajstić information content (AvgIpc) is 2.39. The Morgan fingerprint density at radius 2 is 2.05 bits per heavy atom. The predicted octanol–water partition coefficient (Wildman–Crippen LogP) is 2.50. The Kier molecular flexibility index (Phi) is 4.11. The summed E-state index contributed by atoms with van der Waals surface area (Å²) in [5.41, 5.74) is 6.92. The third kappa shape index (κ3) is 3.29. The number of aromatic nitrogens is 2. The lowest BCUT2D eigenvalue weighted by Gasteiger charge is -2.06. The van der Waals surface area contributed by atoms with E-state index in [1.165, 1.54) is 17.8 Å². The quantitative estimate of drug-likeness (QED) is 0.389. The van der Waals surface area contributed by atoms with E-state index >= 15 is 0 Å². The van der Waals surface area contributed by atoms with Crippen LogP contribution in [-0.4, -0.2) is 15.8 Å². The molecule has 0 amide bonds. The van der Waals surface area contributed by atoms with E-state index in [-0.39, 0.29) is 11.4 Å². The fourth-order valence-electron chi connectivity index (χ4n) is 1.50. The van der Waals surface area contributed by atoms with Crippen LogP contribution in [0.25, 0.3) is 0 Å². The number of aryl methyl sites for hydroxylation is 1. The van der Waals surface area contributed by atoms with Crippen LogP contribution < -0.4 is 5.73 Å². The molecule has 6 heteroatoms. The van der Waals surface area contributed by atoms with Gasteiger partial charge in [0.2, 0.25) is 0 Å². The molecule has 3 N–H and O–H groups in total. The van der Waals surface area contributed by atoms with Gasteiger partial charge >= 0.3 is 0 Å². The highest BCUT2D eigenvalue weighted by Crippen LogP contribution is 2.22. The van der Waals surface area contributed by atoms with Crippen LogP contribution in [0.5, 0.6) is 0 Å². The number of nitrogens with one attached hydrogen (secondary N) is 1. The van der Waals surface area contributed by atoms with Gasteiger partial charge < -0.3 is 5.73 Å². The maximum absolute atomic E-state index is 14.0. The molecule has 0 unspecified atom stereocenters. The number of nitrogens with zero attached hydrogens (tertiary/aromatic N) is 2. The van der Waals surface area contributed by atoms with Crippen molar-refractivity contribution in [2.75, 3.05) is 0 Å². The van der Waals surface area contributed by atoms with Gasteiger partial charge in [0.15, 0.2) is 5.16 Å². The number of hydrogen-bond donors (Lipinski definition) is 2. The van der Waals surface area contributed by atoms with Crippen LogP contribution in [-0.2, 0) is 5.75 Å². The summed E-state index contributed by atoms with van der Waals surface area (Å²) in [5.74, 6) is -0.318. The number of thioether (sulfide) groups is 1. The maximum atomic E-state index is 14.0. The highest BCUT2D eigenvalue weighted by atomic mass is 32.2. The Bertz CT molecular complexity index is 598. The van der Waals surface area contributed by atoms with Gasteiger partial charge in [-0.3, -0.25) is 5.41 Å². The number of halogens is 1. The van der Waals surface area contributed by atoms with E-state index in [0.717, 1.165) is 5.56 Å². The van der Waals surface area contributed by atoms with E-state index in [4.69, 9.17) is 11.1 Å². The molecule has 4 nitrogen and oxygen atoms in total. The van der Waals surface area contributed by atoms with E-state index in [1.807, 2.05) is 6.92 Å². The summed E-state index contributed by atoms with van der Waals surface area (Å²) in [7, 11) is 0. The summed E-state index contributed by atoms with van der Waals surface area (Å²) >= 11 is 1.34. The molecular weight excluding hydrogens is 263 g/mol. The Labute approximate surface area is 114 Å². The zero-order chi connectivity index (χ0) is 13.8. The van der Waals surface area contributed by atoms with Crippen molar-refractivity contribution in [1.29, 1.82) is 5.41 Å². The van der Waals surface area contributed by atoms with Crippen molar-refractivity contribution in [3.63, 3.8) is 0 Å². The van der Waals surface area contributed by atoms with Gasteiger partial charge in [0, 0.05) is 18.1 Å². The summed E-state index contributed by atoms with van der Waals surface area (Å²) in [4.78, 5) is 8.29. The summed E-state index contributed by atoms with van der Waals surface area (Å²) in [5, 5.41) is 7.89. The number of rotatable bonds is 4. The van der Waals surface area contributed by atoms with E-state index in [9.17, 15) is 4.39 Å². The van der Waals surface area contributed by atoms with Gasteiger partial charge in [-0.1, -0.05) is 23.9 Å². The first kappa shape index (κ1) is 13.5. The van der Waals surface area contributed by atoms with Gasteiger partial charge in [-0.05, 0) is 24.1 Å². The van der Waals surface area contributed by atoms with Gasteiger partial charge in [-0.25, -0.2) is 14.4 Å². The van der Waals surface area contributed by atoms with E-state index in [0.29, 0.717) is 16.5 Å². The number of amidine groups is 1. The molecule has 0 spiro atoms. The van der Waals surface area contributed by atoms with Gasteiger partial charge in [0.05, 0.1) is 5.56 Å². The fourth-order valence-corrected chi connectivity index (χ4v) is 2.26. The first-order chi connectivity index (χ1) is 9.08. The lowest BCUT2D eigenvalue weighted by molar-refractivity contribution is 0.614. The summed E-state index contributed by atoms with van der Waals surface area (Å²) in [6, 6.07) is 4.85. The van der Waals surface area contributed by atoms with Gasteiger partial charge in [-0.2, -0.15) is 0 Å². The zero-order valence-electron chi connectivity index (χ0n) is 10.4. The van der Waals surface area contributed by atoms with Gasteiger partial charge in [0.1, 0.15) is 11.7 Å². The molecule has 0 aliphatic heterocycles. The lowest BCUT2D eigenvalue weighted by Crippen LogP contribution is -2.14. The number of nitrogen functional groups attached to an aromatic ring is 1. The third-order valence-electron chi connectivity index (χ3n) is 2.48. The minimum absolute atomic E-state index is 0.128. The Morgan fingerprint density at radius 3 is 2.68 bits per heavy atom. The Hall–Kier alpha value is -1.95. The monoisotopic (exact) mass is 276 g/mol. The van der Waals surface area contributed by atoms with Crippen molar-refractivity contribution in [3.8, 4) is 0 Å². The number of hydrogen-bond acceptors (Lipinski definition) is 4. The molecule has 0 saturated carbocycles. The molecule has 0 aliphatic carbocycles. The van der Waals surface area contributed by atoms with Crippen molar-refractivity contribution < 1.29 is 4.39 Å². The van der Waals surface area contributed by atoms with E-state index in [2.05, 4.69) is 9.97 Å². The molecule has 98 valence electrons. The lowest BCUT2D eigenvalue weighted by atomic mass is 10.1. The van der Waals surface area contributed by atoms with Gasteiger partial charge in [-0.15, -0.1) is 0 Å². The standard InChI is InChI=1S/C13H13FN4S/c1-8-5-17-13(18-6-8)19-7-9-3-2-4-10(11(9)14)12(15)16/h2-6H,7H2,1H3,(H3,15,16). The molecule has 19 heavy (non-hydrogen) atoms. The van der Waals surface area contributed by atoms with Gasteiger partial charge in [0.25, 0.3) is 0 Å². The van der Waals surface area contributed by atoms with Crippen molar-refractivity contribution in [3.05, 3.63) is 53.1 Å². The second kappa shape index (κ2) is 5.79. The molecule has 1 aromatic carbocycles. The zero-order valence-corrected chi connectivity index (χ0v) is 11.2. The van der Waals surface area contributed by atoms with Crippen molar-refractivity contribution in [2.24, 2.45) is 5.73 Å². The normalized spacial score (nSPS) is 10.4. The van der Waals surface area contributed by atoms with E-state index < -0.39 is 5.82 Å². The molecule has 0 saturated heterocycles. The molecule has 2 rings (SSSR count). The molecule has 1 heterocycles. The van der Waals surface area contributed by atoms with Crippen molar-refractivity contribution in [1.82, 2.24) is 9.97 Å². The molecule has 0 fully saturated rings. The fraction of sp³-hybridized carbons (Fsp3) is 0.154. The smallest absolute Gasteiger partial charge is 0.187 e. The van der Waals surface area contributed by atoms with Crippen LogP contribution in [0.4, 0.5) is 4.39 Å².